The first kappa shape index (κ1) is 18.1. The standard InChI is InChI=1S/C16H23FN2O3/c1-11(2)14(20)10-19-15(21)4-3-9-18-16(22)12-5-7-13(17)8-6-12/h5-8,11,14,20H,3-4,9-10H2,1-2H3,(H,18,22)(H,19,21). The number of amides is 2. The molecule has 0 aliphatic carbocycles. The lowest BCUT2D eigenvalue weighted by Gasteiger charge is -2.15. The van der Waals surface area contributed by atoms with E-state index in [-0.39, 0.29) is 30.7 Å². The number of nitrogens with one attached hydrogen (secondary N) is 2. The number of hydrogen-bond donors (Lipinski definition) is 3. The van der Waals surface area contributed by atoms with E-state index in [2.05, 4.69) is 10.6 Å². The second-order valence-electron chi connectivity index (χ2n) is 5.48. The first-order valence-corrected chi connectivity index (χ1v) is 7.38. The molecule has 1 aromatic rings. The largest absolute Gasteiger partial charge is 0.391 e. The van der Waals surface area contributed by atoms with Gasteiger partial charge in [0.2, 0.25) is 5.91 Å². The van der Waals surface area contributed by atoms with Crippen molar-refractivity contribution in [1.29, 1.82) is 0 Å². The van der Waals surface area contributed by atoms with Crippen molar-refractivity contribution in [3.05, 3.63) is 35.6 Å². The third-order valence-corrected chi connectivity index (χ3v) is 3.25. The molecule has 1 unspecified atom stereocenters. The SMILES string of the molecule is CC(C)C(O)CNC(=O)CCCNC(=O)c1ccc(F)cc1. The van der Waals surface area contributed by atoms with Gasteiger partial charge in [-0.1, -0.05) is 13.8 Å². The molecule has 1 atom stereocenters. The Hall–Kier alpha value is -1.95. The lowest BCUT2D eigenvalue weighted by Crippen LogP contribution is -2.35. The number of rotatable bonds is 8. The molecule has 0 aromatic heterocycles. The van der Waals surface area contributed by atoms with E-state index in [0.29, 0.717) is 18.5 Å². The monoisotopic (exact) mass is 310 g/mol. The zero-order valence-electron chi connectivity index (χ0n) is 12.9. The minimum atomic E-state index is -0.554. The second-order valence-corrected chi connectivity index (χ2v) is 5.48. The van der Waals surface area contributed by atoms with E-state index in [1.807, 2.05) is 13.8 Å². The van der Waals surface area contributed by atoms with Crippen LogP contribution in [0.2, 0.25) is 0 Å². The Bertz CT molecular complexity index is 489. The van der Waals surface area contributed by atoms with Crippen molar-refractivity contribution in [1.82, 2.24) is 10.6 Å². The third-order valence-electron chi connectivity index (χ3n) is 3.25. The summed E-state index contributed by atoms with van der Waals surface area (Å²) in [7, 11) is 0. The average Bonchev–Trinajstić information content (AvgIpc) is 2.49. The summed E-state index contributed by atoms with van der Waals surface area (Å²) in [5.41, 5.74) is 0.380. The number of aliphatic hydroxyl groups excluding tert-OH is 1. The number of aliphatic hydroxyl groups is 1. The first-order chi connectivity index (χ1) is 10.4. The lowest BCUT2D eigenvalue weighted by atomic mass is 10.1. The fourth-order valence-corrected chi connectivity index (χ4v) is 1.70. The summed E-state index contributed by atoms with van der Waals surface area (Å²) in [6.45, 7) is 4.35. The second kappa shape index (κ2) is 9.15. The van der Waals surface area contributed by atoms with Crippen molar-refractivity contribution in [2.75, 3.05) is 13.1 Å². The zero-order chi connectivity index (χ0) is 16.5. The molecule has 0 radical (unpaired) electrons. The molecule has 1 rings (SSSR count). The minimum absolute atomic E-state index is 0.0929. The molecule has 2 amide bonds. The normalized spacial score (nSPS) is 12.0. The lowest BCUT2D eigenvalue weighted by molar-refractivity contribution is -0.121. The Balaban J connectivity index is 2.18. The van der Waals surface area contributed by atoms with Gasteiger partial charge in [-0.3, -0.25) is 9.59 Å². The molecule has 0 spiro atoms. The molecule has 1 aromatic carbocycles. The number of hydrogen-bond acceptors (Lipinski definition) is 3. The van der Waals surface area contributed by atoms with Crippen LogP contribution in [-0.2, 0) is 4.79 Å². The highest BCUT2D eigenvalue weighted by atomic mass is 19.1. The number of benzene rings is 1. The Kier molecular flexibility index (Phi) is 7.52. The maximum absolute atomic E-state index is 12.7. The van der Waals surface area contributed by atoms with E-state index < -0.39 is 11.9 Å². The van der Waals surface area contributed by atoms with E-state index in [4.69, 9.17) is 0 Å². The summed E-state index contributed by atoms with van der Waals surface area (Å²) in [5, 5.41) is 14.9. The van der Waals surface area contributed by atoms with Crippen LogP contribution < -0.4 is 10.6 Å². The van der Waals surface area contributed by atoms with Gasteiger partial charge in [0, 0.05) is 25.1 Å². The van der Waals surface area contributed by atoms with Crippen molar-refractivity contribution in [3.8, 4) is 0 Å². The fraction of sp³-hybridized carbons (Fsp3) is 0.500. The van der Waals surface area contributed by atoms with Gasteiger partial charge in [-0.25, -0.2) is 4.39 Å². The summed E-state index contributed by atoms with van der Waals surface area (Å²) in [4.78, 5) is 23.3. The summed E-state index contributed by atoms with van der Waals surface area (Å²) in [6, 6.07) is 5.26. The average molecular weight is 310 g/mol. The summed E-state index contributed by atoms with van der Waals surface area (Å²) in [6.07, 6.45) is 0.215. The summed E-state index contributed by atoms with van der Waals surface area (Å²) in [5.74, 6) is -0.751. The Morgan fingerprint density at radius 1 is 1.18 bits per heavy atom. The van der Waals surface area contributed by atoms with Crippen molar-refractivity contribution in [3.63, 3.8) is 0 Å². The molecular formula is C16H23FN2O3. The number of carbonyl (C=O) groups excluding carboxylic acids is 2. The predicted octanol–water partition coefficient (Wildman–Crippen LogP) is 1.47. The van der Waals surface area contributed by atoms with Crippen LogP contribution in [0.15, 0.2) is 24.3 Å². The predicted molar refractivity (Wildman–Crippen MR) is 81.8 cm³/mol. The van der Waals surface area contributed by atoms with Gasteiger partial charge < -0.3 is 15.7 Å². The van der Waals surface area contributed by atoms with Gasteiger partial charge in [-0.15, -0.1) is 0 Å². The molecular weight excluding hydrogens is 287 g/mol. The van der Waals surface area contributed by atoms with Crippen LogP contribution in [0.1, 0.15) is 37.0 Å². The van der Waals surface area contributed by atoms with Crippen LogP contribution in [0, 0.1) is 11.7 Å². The highest BCUT2D eigenvalue weighted by Crippen LogP contribution is 2.02. The summed E-state index contributed by atoms with van der Waals surface area (Å²) < 4.78 is 12.7. The zero-order valence-corrected chi connectivity index (χ0v) is 12.9. The fourth-order valence-electron chi connectivity index (χ4n) is 1.70. The van der Waals surface area contributed by atoms with Crippen LogP contribution in [0.5, 0.6) is 0 Å². The molecule has 122 valence electrons. The molecule has 0 saturated heterocycles. The van der Waals surface area contributed by atoms with Gasteiger partial charge in [0.25, 0.3) is 5.91 Å². The van der Waals surface area contributed by atoms with Gasteiger partial charge in [0.15, 0.2) is 0 Å². The van der Waals surface area contributed by atoms with E-state index >= 15 is 0 Å². The highest BCUT2D eigenvalue weighted by molar-refractivity contribution is 5.94. The Labute approximate surface area is 129 Å². The maximum Gasteiger partial charge on any atom is 0.251 e. The van der Waals surface area contributed by atoms with Gasteiger partial charge in [0.05, 0.1) is 6.10 Å². The van der Waals surface area contributed by atoms with Gasteiger partial charge in [0.1, 0.15) is 5.82 Å². The molecule has 6 heteroatoms. The van der Waals surface area contributed by atoms with Crippen LogP contribution in [0.4, 0.5) is 4.39 Å². The number of halogens is 1. The number of carbonyl (C=O) groups is 2. The topological polar surface area (TPSA) is 78.4 Å². The minimum Gasteiger partial charge on any atom is -0.391 e. The van der Waals surface area contributed by atoms with E-state index in [1.54, 1.807) is 0 Å². The van der Waals surface area contributed by atoms with Crippen molar-refractivity contribution in [2.45, 2.75) is 32.8 Å². The van der Waals surface area contributed by atoms with E-state index in [1.165, 1.54) is 24.3 Å². The molecule has 0 aliphatic rings. The van der Waals surface area contributed by atoms with Gasteiger partial charge in [-0.2, -0.15) is 0 Å². The first-order valence-electron chi connectivity index (χ1n) is 7.38. The van der Waals surface area contributed by atoms with Crippen LogP contribution in [-0.4, -0.2) is 36.1 Å². The Morgan fingerprint density at radius 2 is 1.82 bits per heavy atom. The van der Waals surface area contributed by atoms with Crippen LogP contribution in [0.3, 0.4) is 0 Å². The van der Waals surface area contributed by atoms with Gasteiger partial charge in [-0.05, 0) is 36.6 Å². The molecule has 5 nitrogen and oxygen atoms in total. The van der Waals surface area contributed by atoms with E-state index in [0.717, 1.165) is 0 Å². The van der Waals surface area contributed by atoms with Gasteiger partial charge >= 0.3 is 0 Å². The molecule has 3 N–H and O–H groups in total. The summed E-state index contributed by atoms with van der Waals surface area (Å²) >= 11 is 0. The Morgan fingerprint density at radius 3 is 2.41 bits per heavy atom. The van der Waals surface area contributed by atoms with Crippen molar-refractivity contribution in [2.24, 2.45) is 5.92 Å². The molecule has 0 heterocycles. The van der Waals surface area contributed by atoms with Crippen molar-refractivity contribution >= 4 is 11.8 Å². The maximum atomic E-state index is 12.7. The van der Waals surface area contributed by atoms with Crippen molar-refractivity contribution < 1.29 is 19.1 Å². The quantitative estimate of drug-likeness (QED) is 0.636. The molecule has 0 fully saturated rings. The highest BCUT2D eigenvalue weighted by Gasteiger charge is 2.10. The van der Waals surface area contributed by atoms with Crippen LogP contribution >= 0.6 is 0 Å². The van der Waals surface area contributed by atoms with Crippen LogP contribution in [0.25, 0.3) is 0 Å². The molecule has 0 saturated carbocycles. The smallest absolute Gasteiger partial charge is 0.251 e. The van der Waals surface area contributed by atoms with E-state index in [9.17, 15) is 19.1 Å². The third kappa shape index (κ3) is 6.67. The molecule has 22 heavy (non-hydrogen) atoms. The molecule has 0 bridgehead atoms. The molecule has 0 aliphatic heterocycles.